The molecule has 0 bridgehead atoms. The lowest BCUT2D eigenvalue weighted by Crippen LogP contribution is -1.86. The van der Waals surface area contributed by atoms with Gasteiger partial charge in [-0.25, -0.2) is 0 Å². The minimum atomic E-state index is 0.804. The van der Waals surface area contributed by atoms with E-state index in [1.807, 2.05) is 12.1 Å². The molecule has 2 N–H and O–H groups in total. The number of fused-ring (bicyclic) bond motifs is 4. The standard InChI is InChI=1S/C26H17N/c27-19-11-10-16-14-18(9-8-17(16)15-19)20-12-13-25-22-5-2-1-4-21(22)24-7-3-6-23(20)26(24)25/h1-15H,27H2. The van der Waals surface area contributed by atoms with Gasteiger partial charge in [0.2, 0.25) is 0 Å². The number of rotatable bonds is 1. The van der Waals surface area contributed by atoms with Crippen LogP contribution in [0.2, 0.25) is 0 Å². The van der Waals surface area contributed by atoms with Gasteiger partial charge >= 0.3 is 0 Å². The second kappa shape index (κ2) is 5.21. The molecular formula is C26H17N. The molecule has 0 saturated heterocycles. The van der Waals surface area contributed by atoms with Crippen LogP contribution >= 0.6 is 0 Å². The monoisotopic (exact) mass is 343 g/mol. The largest absolute Gasteiger partial charge is 0.399 e. The van der Waals surface area contributed by atoms with E-state index < -0.39 is 0 Å². The van der Waals surface area contributed by atoms with Crippen molar-refractivity contribution in [2.75, 3.05) is 5.73 Å². The lowest BCUT2D eigenvalue weighted by atomic mass is 9.93. The molecule has 1 nitrogen and oxygen atoms in total. The Morgan fingerprint density at radius 3 is 2.00 bits per heavy atom. The van der Waals surface area contributed by atoms with Gasteiger partial charge < -0.3 is 5.73 Å². The Labute approximate surface area is 157 Å². The van der Waals surface area contributed by atoms with Gasteiger partial charge in [0.05, 0.1) is 0 Å². The molecular weight excluding hydrogens is 326 g/mol. The van der Waals surface area contributed by atoms with Crippen LogP contribution in [0.4, 0.5) is 5.69 Å². The Bertz CT molecular complexity index is 1350. The average molecular weight is 343 g/mol. The number of hydrogen-bond acceptors (Lipinski definition) is 1. The first-order valence-corrected chi connectivity index (χ1v) is 9.25. The summed E-state index contributed by atoms with van der Waals surface area (Å²) in [5, 5.41) is 5.08. The molecule has 0 fully saturated rings. The Balaban J connectivity index is 1.65. The summed E-state index contributed by atoms with van der Waals surface area (Å²) in [4.78, 5) is 0. The summed E-state index contributed by atoms with van der Waals surface area (Å²) in [6.07, 6.45) is 0. The molecule has 5 aromatic rings. The molecule has 0 amide bonds. The molecule has 0 atom stereocenters. The SMILES string of the molecule is Nc1ccc2cc(-c3ccc4c5c(cccc35)-c3ccccc3-4)ccc2c1. The zero-order valence-corrected chi connectivity index (χ0v) is 14.7. The van der Waals surface area contributed by atoms with E-state index in [-0.39, 0.29) is 0 Å². The average Bonchev–Trinajstić information content (AvgIpc) is 3.04. The molecule has 0 aromatic heterocycles. The van der Waals surface area contributed by atoms with E-state index in [4.69, 9.17) is 5.73 Å². The van der Waals surface area contributed by atoms with Crippen molar-refractivity contribution in [2.24, 2.45) is 0 Å². The van der Waals surface area contributed by atoms with E-state index in [9.17, 15) is 0 Å². The topological polar surface area (TPSA) is 26.0 Å². The van der Waals surface area contributed by atoms with Crippen LogP contribution in [-0.4, -0.2) is 0 Å². The van der Waals surface area contributed by atoms with Crippen molar-refractivity contribution < 1.29 is 0 Å². The first kappa shape index (κ1) is 14.6. The number of benzene rings is 5. The Hall–Kier alpha value is -3.58. The minimum absolute atomic E-state index is 0.804. The predicted octanol–water partition coefficient (Wildman–Crippen LogP) is 6.89. The molecule has 1 aliphatic rings. The Morgan fingerprint density at radius 1 is 0.481 bits per heavy atom. The highest BCUT2D eigenvalue weighted by molar-refractivity contribution is 6.18. The Morgan fingerprint density at radius 2 is 1.15 bits per heavy atom. The number of anilines is 1. The predicted molar refractivity (Wildman–Crippen MR) is 116 cm³/mol. The van der Waals surface area contributed by atoms with Crippen LogP contribution in [0.25, 0.3) is 54.9 Å². The number of hydrogen-bond donors (Lipinski definition) is 1. The lowest BCUT2D eigenvalue weighted by molar-refractivity contribution is 1.68. The van der Waals surface area contributed by atoms with E-state index in [0.717, 1.165) is 5.69 Å². The summed E-state index contributed by atoms with van der Waals surface area (Å²) in [5.74, 6) is 0. The van der Waals surface area contributed by atoms with Gasteiger partial charge in [0.1, 0.15) is 0 Å². The summed E-state index contributed by atoms with van der Waals surface area (Å²) in [5.41, 5.74) is 14.6. The van der Waals surface area contributed by atoms with Crippen LogP contribution in [0.3, 0.4) is 0 Å². The molecule has 0 aliphatic heterocycles. The molecule has 0 radical (unpaired) electrons. The van der Waals surface area contributed by atoms with Crippen LogP contribution in [0, 0.1) is 0 Å². The highest BCUT2D eigenvalue weighted by atomic mass is 14.5. The normalized spacial score (nSPS) is 11.9. The smallest absolute Gasteiger partial charge is 0.0320 e. The van der Waals surface area contributed by atoms with Crippen molar-refractivity contribution in [3.8, 4) is 33.4 Å². The van der Waals surface area contributed by atoms with Crippen molar-refractivity contribution in [3.05, 3.63) is 91.0 Å². The van der Waals surface area contributed by atoms with Gasteiger partial charge in [-0.05, 0) is 73.1 Å². The molecule has 0 unspecified atom stereocenters. The van der Waals surface area contributed by atoms with E-state index in [1.54, 1.807) is 0 Å². The molecule has 126 valence electrons. The molecule has 1 aliphatic carbocycles. The van der Waals surface area contributed by atoms with Crippen molar-refractivity contribution >= 4 is 27.2 Å². The first-order valence-electron chi connectivity index (χ1n) is 9.25. The maximum Gasteiger partial charge on any atom is 0.0320 e. The third kappa shape index (κ3) is 2.00. The molecule has 0 saturated carbocycles. The highest BCUT2D eigenvalue weighted by Gasteiger charge is 2.21. The maximum absolute atomic E-state index is 5.93. The molecule has 1 heteroatoms. The van der Waals surface area contributed by atoms with E-state index >= 15 is 0 Å². The van der Waals surface area contributed by atoms with Gasteiger partial charge in [-0.3, -0.25) is 0 Å². The van der Waals surface area contributed by atoms with E-state index in [1.165, 1.54) is 54.9 Å². The fourth-order valence-corrected chi connectivity index (χ4v) is 4.49. The molecule has 0 heterocycles. The maximum atomic E-state index is 5.93. The summed E-state index contributed by atoms with van der Waals surface area (Å²) in [7, 11) is 0. The van der Waals surface area contributed by atoms with Crippen LogP contribution in [0.5, 0.6) is 0 Å². The molecule has 5 aromatic carbocycles. The van der Waals surface area contributed by atoms with E-state index in [2.05, 4.69) is 78.9 Å². The zero-order chi connectivity index (χ0) is 18.0. The summed E-state index contributed by atoms with van der Waals surface area (Å²) in [6, 6.07) is 32.6. The van der Waals surface area contributed by atoms with Crippen molar-refractivity contribution in [1.29, 1.82) is 0 Å². The summed E-state index contributed by atoms with van der Waals surface area (Å²) < 4.78 is 0. The van der Waals surface area contributed by atoms with E-state index in [0.29, 0.717) is 0 Å². The van der Waals surface area contributed by atoms with Gasteiger partial charge in [-0.15, -0.1) is 0 Å². The van der Waals surface area contributed by atoms with Crippen LogP contribution in [-0.2, 0) is 0 Å². The van der Waals surface area contributed by atoms with Gasteiger partial charge in [-0.1, -0.05) is 72.8 Å². The molecule has 27 heavy (non-hydrogen) atoms. The fraction of sp³-hybridized carbons (Fsp3) is 0. The Kier molecular flexibility index (Phi) is 2.81. The molecule has 0 spiro atoms. The lowest BCUT2D eigenvalue weighted by Gasteiger charge is -2.11. The third-order valence-corrected chi connectivity index (χ3v) is 5.72. The highest BCUT2D eigenvalue weighted by Crippen LogP contribution is 2.49. The van der Waals surface area contributed by atoms with Gasteiger partial charge in [-0.2, -0.15) is 0 Å². The summed E-state index contributed by atoms with van der Waals surface area (Å²) in [6.45, 7) is 0. The summed E-state index contributed by atoms with van der Waals surface area (Å²) >= 11 is 0. The fourth-order valence-electron chi connectivity index (χ4n) is 4.49. The number of nitrogens with two attached hydrogens (primary N) is 1. The van der Waals surface area contributed by atoms with Crippen LogP contribution < -0.4 is 5.73 Å². The van der Waals surface area contributed by atoms with Crippen molar-refractivity contribution in [1.82, 2.24) is 0 Å². The van der Waals surface area contributed by atoms with Gasteiger partial charge in [0.25, 0.3) is 0 Å². The minimum Gasteiger partial charge on any atom is -0.399 e. The van der Waals surface area contributed by atoms with Gasteiger partial charge in [0, 0.05) is 5.69 Å². The molecule has 6 rings (SSSR count). The second-order valence-electron chi connectivity index (χ2n) is 7.26. The van der Waals surface area contributed by atoms with Crippen LogP contribution in [0.1, 0.15) is 0 Å². The van der Waals surface area contributed by atoms with Gasteiger partial charge in [0.15, 0.2) is 0 Å². The number of nitrogen functional groups attached to an aromatic ring is 1. The first-order chi connectivity index (χ1) is 13.3. The van der Waals surface area contributed by atoms with Crippen LogP contribution in [0.15, 0.2) is 91.0 Å². The zero-order valence-electron chi connectivity index (χ0n) is 14.7. The third-order valence-electron chi connectivity index (χ3n) is 5.72. The van der Waals surface area contributed by atoms with Crippen molar-refractivity contribution in [3.63, 3.8) is 0 Å². The second-order valence-corrected chi connectivity index (χ2v) is 7.26. The van der Waals surface area contributed by atoms with Crippen molar-refractivity contribution in [2.45, 2.75) is 0 Å². The quantitative estimate of drug-likeness (QED) is 0.323.